The minimum atomic E-state index is -0.423. The number of aryl methyl sites for hydroxylation is 2. The van der Waals surface area contributed by atoms with Crippen LogP contribution in [0.15, 0.2) is 84.6 Å². The number of imide groups is 1. The normalized spacial score (nSPS) is 14.3. The van der Waals surface area contributed by atoms with Gasteiger partial charge in [0.25, 0.3) is 5.91 Å². The Balaban J connectivity index is 1.31. The van der Waals surface area contributed by atoms with Gasteiger partial charge in [0, 0.05) is 17.1 Å². The lowest BCUT2D eigenvalue weighted by Gasteiger charge is -2.12. The van der Waals surface area contributed by atoms with E-state index in [9.17, 15) is 14.0 Å². The van der Waals surface area contributed by atoms with E-state index in [1.54, 1.807) is 18.2 Å². The van der Waals surface area contributed by atoms with E-state index in [4.69, 9.17) is 4.74 Å². The van der Waals surface area contributed by atoms with Gasteiger partial charge in [-0.15, -0.1) is 0 Å². The Bertz CT molecular complexity index is 1540. The topological polar surface area (TPSA) is 63.6 Å². The molecular weight excluding hydrogens is 481 g/mol. The van der Waals surface area contributed by atoms with E-state index < -0.39 is 6.03 Å². The van der Waals surface area contributed by atoms with Gasteiger partial charge in [0.05, 0.1) is 6.54 Å². The number of nitrogens with zero attached hydrogens (tertiary/aromatic N) is 2. The fourth-order valence-corrected chi connectivity index (χ4v) is 4.63. The number of halogens is 1. The number of rotatable bonds is 7. The maximum Gasteiger partial charge on any atom is 0.329 e. The molecule has 0 saturated carbocycles. The van der Waals surface area contributed by atoms with Gasteiger partial charge in [0.2, 0.25) is 0 Å². The summed E-state index contributed by atoms with van der Waals surface area (Å²) in [5.74, 6) is 0.0876. The largest absolute Gasteiger partial charge is 0.489 e. The molecule has 4 aromatic rings. The highest BCUT2D eigenvalue weighted by atomic mass is 19.1. The summed E-state index contributed by atoms with van der Waals surface area (Å²) >= 11 is 0. The molecule has 0 bridgehead atoms. The number of nitrogens with one attached hydrogen (secondary N) is 1. The summed E-state index contributed by atoms with van der Waals surface area (Å²) in [6.45, 7) is 6.51. The second-order valence-electron chi connectivity index (χ2n) is 9.44. The fraction of sp³-hybridized carbons (Fsp3) is 0.161. The van der Waals surface area contributed by atoms with Crippen molar-refractivity contribution in [3.63, 3.8) is 0 Å². The van der Waals surface area contributed by atoms with E-state index in [0.29, 0.717) is 12.4 Å². The summed E-state index contributed by atoms with van der Waals surface area (Å²) in [5, 5.41) is 2.72. The molecule has 1 fully saturated rings. The van der Waals surface area contributed by atoms with Crippen LogP contribution in [0.25, 0.3) is 11.8 Å². The molecule has 1 N–H and O–H groups in total. The first-order valence-electron chi connectivity index (χ1n) is 12.4. The third kappa shape index (κ3) is 5.22. The number of hydrogen-bond acceptors (Lipinski definition) is 3. The Morgan fingerprint density at radius 2 is 1.63 bits per heavy atom. The first-order valence-corrected chi connectivity index (χ1v) is 12.4. The zero-order valence-electron chi connectivity index (χ0n) is 21.5. The summed E-state index contributed by atoms with van der Waals surface area (Å²) in [5.41, 5.74) is 6.84. The third-order valence-electron chi connectivity index (χ3n) is 6.57. The minimum Gasteiger partial charge on any atom is -0.489 e. The Morgan fingerprint density at radius 1 is 0.895 bits per heavy atom. The molecule has 192 valence electrons. The number of urea groups is 1. The molecule has 1 aliphatic rings. The maximum absolute atomic E-state index is 13.1. The lowest BCUT2D eigenvalue weighted by Crippen LogP contribution is -2.30. The zero-order chi connectivity index (χ0) is 26.8. The molecule has 0 aliphatic carbocycles. The second kappa shape index (κ2) is 10.4. The molecule has 7 heteroatoms. The predicted octanol–water partition coefficient (Wildman–Crippen LogP) is 6.21. The van der Waals surface area contributed by atoms with E-state index in [1.165, 1.54) is 17.0 Å². The monoisotopic (exact) mass is 509 g/mol. The quantitative estimate of drug-likeness (QED) is 0.238. The van der Waals surface area contributed by atoms with E-state index >= 15 is 0 Å². The first-order chi connectivity index (χ1) is 18.3. The fourth-order valence-electron chi connectivity index (χ4n) is 4.63. The summed E-state index contributed by atoms with van der Waals surface area (Å²) in [7, 11) is 0. The molecule has 0 spiro atoms. The van der Waals surface area contributed by atoms with Gasteiger partial charge in [-0.2, -0.15) is 0 Å². The van der Waals surface area contributed by atoms with Crippen LogP contribution in [0.5, 0.6) is 5.75 Å². The highest BCUT2D eigenvalue weighted by molar-refractivity contribution is 6.14. The smallest absolute Gasteiger partial charge is 0.329 e. The molecule has 1 aromatic heterocycles. The molecule has 0 unspecified atom stereocenters. The second-order valence-corrected chi connectivity index (χ2v) is 9.44. The van der Waals surface area contributed by atoms with Gasteiger partial charge in [-0.3, -0.25) is 9.69 Å². The highest BCUT2D eigenvalue weighted by Crippen LogP contribution is 2.26. The van der Waals surface area contributed by atoms with Crippen LogP contribution in [0.1, 0.15) is 33.6 Å². The van der Waals surface area contributed by atoms with Gasteiger partial charge in [-0.1, -0.05) is 42.0 Å². The van der Waals surface area contributed by atoms with Crippen LogP contribution >= 0.6 is 0 Å². The molecule has 3 aromatic carbocycles. The minimum absolute atomic E-state index is 0.221. The number of carbonyl (C=O) groups excluding carboxylic acids is 2. The third-order valence-corrected chi connectivity index (χ3v) is 6.57. The van der Waals surface area contributed by atoms with Crippen molar-refractivity contribution < 1.29 is 18.7 Å². The van der Waals surface area contributed by atoms with Crippen molar-refractivity contribution in [3.05, 3.63) is 124 Å². The molecular formula is C31H28FN3O3. The summed E-state index contributed by atoms with van der Waals surface area (Å²) in [4.78, 5) is 26.8. The van der Waals surface area contributed by atoms with Crippen molar-refractivity contribution in [2.24, 2.45) is 0 Å². The molecule has 0 radical (unpaired) electrons. The van der Waals surface area contributed by atoms with Gasteiger partial charge < -0.3 is 14.6 Å². The molecule has 5 rings (SSSR count). The number of ether oxygens (including phenoxy) is 1. The number of aromatic nitrogens is 1. The van der Waals surface area contributed by atoms with Crippen molar-refractivity contribution >= 4 is 18.0 Å². The van der Waals surface area contributed by atoms with Crippen LogP contribution in [0.4, 0.5) is 9.18 Å². The highest BCUT2D eigenvalue weighted by Gasteiger charge is 2.33. The van der Waals surface area contributed by atoms with Crippen molar-refractivity contribution in [1.29, 1.82) is 0 Å². The lowest BCUT2D eigenvalue weighted by atomic mass is 10.1. The number of amides is 3. The van der Waals surface area contributed by atoms with Crippen molar-refractivity contribution in [1.82, 2.24) is 14.8 Å². The number of hydrogen-bond donors (Lipinski definition) is 1. The molecule has 1 saturated heterocycles. The van der Waals surface area contributed by atoms with Crippen LogP contribution in [0.2, 0.25) is 0 Å². The zero-order valence-corrected chi connectivity index (χ0v) is 21.5. The molecule has 6 nitrogen and oxygen atoms in total. The Labute approximate surface area is 221 Å². The van der Waals surface area contributed by atoms with Gasteiger partial charge >= 0.3 is 6.03 Å². The Hall–Kier alpha value is -4.65. The number of carbonyl (C=O) groups is 2. The molecule has 1 aliphatic heterocycles. The SMILES string of the molecule is Cc1cccc(CN2C(=O)N/C(=C/c3cc(C)n(-c4ccc(OCc5ccc(F)cc5)cc4)c3C)C2=O)c1. The lowest BCUT2D eigenvalue weighted by molar-refractivity contribution is -0.123. The average Bonchev–Trinajstić information content (AvgIpc) is 3.32. The molecule has 2 heterocycles. The van der Waals surface area contributed by atoms with Crippen molar-refractivity contribution in [3.8, 4) is 11.4 Å². The van der Waals surface area contributed by atoms with E-state index in [0.717, 1.165) is 39.3 Å². The first kappa shape index (κ1) is 25.0. The summed E-state index contributed by atoms with van der Waals surface area (Å²) < 4.78 is 21.0. The Kier molecular flexibility index (Phi) is 6.83. The van der Waals surface area contributed by atoms with Crippen molar-refractivity contribution in [2.75, 3.05) is 0 Å². The van der Waals surface area contributed by atoms with Crippen LogP contribution in [0.3, 0.4) is 0 Å². The van der Waals surface area contributed by atoms with Crippen LogP contribution in [-0.2, 0) is 17.9 Å². The van der Waals surface area contributed by atoms with Gasteiger partial charge in [0.15, 0.2) is 0 Å². The molecule has 0 atom stereocenters. The maximum atomic E-state index is 13.1. The molecule has 3 amide bonds. The van der Waals surface area contributed by atoms with Crippen molar-refractivity contribution in [2.45, 2.75) is 33.9 Å². The van der Waals surface area contributed by atoms with Crippen LogP contribution in [0, 0.1) is 26.6 Å². The summed E-state index contributed by atoms with van der Waals surface area (Å²) in [6.07, 6.45) is 1.73. The van der Waals surface area contributed by atoms with E-state index in [-0.39, 0.29) is 24.0 Å². The predicted molar refractivity (Wildman–Crippen MR) is 144 cm³/mol. The number of benzene rings is 3. The van der Waals surface area contributed by atoms with Crippen LogP contribution < -0.4 is 10.1 Å². The van der Waals surface area contributed by atoms with E-state index in [2.05, 4.69) is 9.88 Å². The van der Waals surface area contributed by atoms with Crippen LogP contribution in [-0.4, -0.2) is 21.4 Å². The summed E-state index contributed by atoms with van der Waals surface area (Å²) in [6, 6.07) is 23.3. The van der Waals surface area contributed by atoms with Gasteiger partial charge in [0.1, 0.15) is 23.9 Å². The standard InChI is InChI=1S/C31H28FN3O3/c1-20-5-4-6-24(15-20)18-34-30(36)29(33-31(34)37)17-25-16-21(2)35(22(25)3)27-11-13-28(14-12-27)38-19-23-7-9-26(32)10-8-23/h4-17H,18-19H2,1-3H3,(H,33,37)/b29-17+. The Morgan fingerprint density at radius 3 is 2.34 bits per heavy atom. The van der Waals surface area contributed by atoms with Gasteiger partial charge in [-0.05, 0) is 86.0 Å². The molecule has 38 heavy (non-hydrogen) atoms. The average molecular weight is 510 g/mol. The van der Waals surface area contributed by atoms with Gasteiger partial charge in [-0.25, -0.2) is 9.18 Å². The van der Waals surface area contributed by atoms with E-state index in [1.807, 2.05) is 75.4 Å².